The fraction of sp³-hybridized carbons (Fsp3) is 0.800. The third kappa shape index (κ3) is 5.26. The van der Waals surface area contributed by atoms with Crippen molar-refractivity contribution in [1.29, 1.82) is 0 Å². The Labute approximate surface area is 54.4 Å². The zero-order valence-electron chi connectivity index (χ0n) is 5.52. The zero-order valence-corrected chi connectivity index (χ0v) is 5.52. The third-order valence-electron chi connectivity index (χ3n) is 0.782. The minimum Gasteiger partial charge on any atom is -0.463 e. The van der Waals surface area contributed by atoms with Crippen molar-refractivity contribution in [2.45, 2.75) is 0 Å². The van der Waals surface area contributed by atoms with Gasteiger partial charge in [0.25, 0.3) is 0 Å². The summed E-state index contributed by atoms with van der Waals surface area (Å²) in [6.45, 7) is 1.03. The molecule has 0 aliphatic carbocycles. The number of likely N-dealkylation sites (N-methyl/N-ethyl adjacent to an activating group) is 1. The third-order valence-corrected chi connectivity index (χ3v) is 0.782. The van der Waals surface area contributed by atoms with Crippen molar-refractivity contribution in [2.24, 2.45) is 5.73 Å². The van der Waals surface area contributed by atoms with Gasteiger partial charge in [0.2, 0.25) is 0 Å². The largest absolute Gasteiger partial charge is 0.463 e. The second-order valence-electron chi connectivity index (χ2n) is 1.53. The van der Waals surface area contributed by atoms with Crippen LogP contribution in [0.15, 0.2) is 0 Å². The van der Waals surface area contributed by atoms with Crippen LogP contribution in [0.2, 0.25) is 0 Å². The molecule has 0 aliphatic rings. The number of nitrogens with one attached hydrogen (secondary N) is 1. The van der Waals surface area contributed by atoms with E-state index < -0.39 is 0 Å². The fourth-order valence-corrected chi connectivity index (χ4v) is 0.326. The minimum atomic E-state index is -0.356. The van der Waals surface area contributed by atoms with Crippen LogP contribution in [0.5, 0.6) is 0 Å². The molecule has 0 heterocycles. The van der Waals surface area contributed by atoms with Crippen LogP contribution in [-0.4, -0.2) is 32.7 Å². The van der Waals surface area contributed by atoms with Crippen LogP contribution >= 0.6 is 0 Å². The van der Waals surface area contributed by atoms with Crippen LogP contribution in [0, 0.1) is 0 Å². The number of ether oxygens (including phenoxy) is 1. The maximum atomic E-state index is 10.3. The van der Waals surface area contributed by atoms with Gasteiger partial charge < -0.3 is 15.8 Å². The minimum absolute atomic E-state index is 0.0380. The average Bonchev–Trinajstić information content (AvgIpc) is 1.89. The molecule has 0 saturated carbocycles. The smallest absolute Gasteiger partial charge is 0.319 e. The molecule has 0 amide bonds. The van der Waals surface area contributed by atoms with Crippen LogP contribution in [0.1, 0.15) is 0 Å². The summed E-state index contributed by atoms with van der Waals surface area (Å²) < 4.78 is 4.61. The molecule has 0 rings (SSSR count). The van der Waals surface area contributed by atoms with Gasteiger partial charge in [-0.1, -0.05) is 0 Å². The summed E-state index contributed by atoms with van der Waals surface area (Å²) in [5.74, 6) is -0.356. The Bertz CT molecular complexity index is 85.0. The Morgan fingerprint density at radius 3 is 2.89 bits per heavy atom. The van der Waals surface area contributed by atoms with Crippen molar-refractivity contribution in [2.75, 3.05) is 26.7 Å². The molecule has 9 heavy (non-hydrogen) atoms. The van der Waals surface area contributed by atoms with Gasteiger partial charge in [-0.3, -0.25) is 4.79 Å². The van der Waals surface area contributed by atoms with Gasteiger partial charge in [0.05, 0.1) is 6.54 Å². The molecule has 0 bridgehead atoms. The Morgan fingerprint density at radius 2 is 2.44 bits per heavy atom. The van der Waals surface area contributed by atoms with E-state index in [0.29, 0.717) is 13.2 Å². The highest BCUT2D eigenvalue weighted by Gasteiger charge is 1.94. The summed E-state index contributed by atoms with van der Waals surface area (Å²) in [4.78, 5) is 10.3. The maximum Gasteiger partial charge on any atom is 0.319 e. The van der Waals surface area contributed by atoms with Crippen LogP contribution in [0.25, 0.3) is 0 Å². The highest BCUT2D eigenvalue weighted by molar-refractivity contribution is 5.71. The number of nitrogens with two attached hydrogens (primary N) is 1. The standard InChI is InChI=1S/C5H12N2O2/c1-7-2-3-9-5(8)4-6/h7H,2-4,6H2,1H3. The molecule has 54 valence electrons. The first kappa shape index (κ1) is 8.39. The normalized spacial score (nSPS) is 9.11. The Morgan fingerprint density at radius 1 is 1.78 bits per heavy atom. The van der Waals surface area contributed by atoms with E-state index in [2.05, 4.69) is 10.1 Å². The van der Waals surface area contributed by atoms with Gasteiger partial charge in [-0.05, 0) is 7.05 Å². The van der Waals surface area contributed by atoms with E-state index in [1.54, 1.807) is 7.05 Å². The van der Waals surface area contributed by atoms with E-state index in [-0.39, 0.29) is 12.5 Å². The molecule has 0 aromatic rings. The number of carbonyl (C=O) groups is 1. The van der Waals surface area contributed by atoms with Crippen LogP contribution in [0.4, 0.5) is 0 Å². The lowest BCUT2D eigenvalue weighted by atomic mass is 10.6. The van der Waals surface area contributed by atoms with Crippen molar-refractivity contribution in [1.82, 2.24) is 5.32 Å². The highest BCUT2D eigenvalue weighted by Crippen LogP contribution is 1.71. The molecule has 0 spiro atoms. The second-order valence-corrected chi connectivity index (χ2v) is 1.53. The Balaban J connectivity index is 2.97. The molecular formula is C5H12N2O2. The predicted molar refractivity (Wildman–Crippen MR) is 33.9 cm³/mol. The lowest BCUT2D eigenvalue weighted by Crippen LogP contribution is -2.22. The Kier molecular flexibility index (Phi) is 5.15. The molecular weight excluding hydrogens is 120 g/mol. The van der Waals surface area contributed by atoms with Crippen molar-refractivity contribution < 1.29 is 9.53 Å². The lowest BCUT2D eigenvalue weighted by Gasteiger charge is -2.00. The summed E-state index contributed by atoms with van der Waals surface area (Å²) in [7, 11) is 1.79. The lowest BCUT2D eigenvalue weighted by molar-refractivity contribution is -0.141. The van der Waals surface area contributed by atoms with Crippen molar-refractivity contribution in [3.63, 3.8) is 0 Å². The molecule has 0 saturated heterocycles. The van der Waals surface area contributed by atoms with Gasteiger partial charge in [-0.15, -0.1) is 0 Å². The maximum absolute atomic E-state index is 10.3. The average molecular weight is 132 g/mol. The number of hydrogen-bond donors (Lipinski definition) is 2. The van der Waals surface area contributed by atoms with Crippen LogP contribution in [0.3, 0.4) is 0 Å². The number of rotatable bonds is 4. The summed E-state index contributed by atoms with van der Waals surface area (Å²) >= 11 is 0. The number of carbonyl (C=O) groups excluding carboxylic acids is 1. The first-order valence-corrected chi connectivity index (χ1v) is 2.81. The monoisotopic (exact) mass is 132 g/mol. The molecule has 0 aromatic heterocycles. The Hall–Kier alpha value is -0.610. The van der Waals surface area contributed by atoms with Gasteiger partial charge in [0.15, 0.2) is 0 Å². The van der Waals surface area contributed by atoms with E-state index in [9.17, 15) is 4.79 Å². The molecule has 4 nitrogen and oxygen atoms in total. The van der Waals surface area contributed by atoms with Gasteiger partial charge >= 0.3 is 5.97 Å². The van der Waals surface area contributed by atoms with Crippen LogP contribution < -0.4 is 11.1 Å². The first-order chi connectivity index (χ1) is 4.31. The second kappa shape index (κ2) is 5.53. The molecule has 0 unspecified atom stereocenters. The van der Waals surface area contributed by atoms with Crippen molar-refractivity contribution >= 4 is 5.97 Å². The summed E-state index contributed by atoms with van der Waals surface area (Å²) in [6.07, 6.45) is 0. The van der Waals surface area contributed by atoms with Crippen molar-refractivity contribution in [3.8, 4) is 0 Å². The van der Waals surface area contributed by atoms with E-state index in [1.807, 2.05) is 0 Å². The first-order valence-electron chi connectivity index (χ1n) is 2.81. The number of esters is 1. The topological polar surface area (TPSA) is 64.3 Å². The quantitative estimate of drug-likeness (QED) is 0.369. The molecule has 0 fully saturated rings. The van der Waals surface area contributed by atoms with Gasteiger partial charge in [0.1, 0.15) is 6.61 Å². The van der Waals surface area contributed by atoms with Gasteiger partial charge in [-0.25, -0.2) is 0 Å². The SMILES string of the molecule is CNCCOC(=O)CN. The zero-order chi connectivity index (χ0) is 7.11. The van der Waals surface area contributed by atoms with Gasteiger partial charge in [0, 0.05) is 6.54 Å². The molecule has 0 radical (unpaired) electrons. The molecule has 0 aromatic carbocycles. The fourth-order valence-electron chi connectivity index (χ4n) is 0.326. The number of hydrogen-bond acceptors (Lipinski definition) is 4. The molecule has 4 heteroatoms. The summed E-state index contributed by atoms with van der Waals surface area (Å²) in [5, 5.41) is 2.83. The van der Waals surface area contributed by atoms with E-state index >= 15 is 0 Å². The highest BCUT2D eigenvalue weighted by atomic mass is 16.5. The van der Waals surface area contributed by atoms with Crippen LogP contribution in [-0.2, 0) is 9.53 Å². The van der Waals surface area contributed by atoms with E-state index in [0.717, 1.165) is 0 Å². The summed E-state index contributed by atoms with van der Waals surface area (Å²) in [6, 6.07) is 0. The van der Waals surface area contributed by atoms with Gasteiger partial charge in [-0.2, -0.15) is 0 Å². The molecule has 0 atom stereocenters. The van der Waals surface area contributed by atoms with E-state index in [4.69, 9.17) is 5.73 Å². The van der Waals surface area contributed by atoms with E-state index in [1.165, 1.54) is 0 Å². The molecule has 3 N–H and O–H groups in total. The molecule has 0 aliphatic heterocycles. The van der Waals surface area contributed by atoms with Crippen molar-refractivity contribution in [3.05, 3.63) is 0 Å². The summed E-state index contributed by atoms with van der Waals surface area (Å²) in [5.41, 5.74) is 4.96. The predicted octanol–water partition coefficient (Wildman–Crippen LogP) is -1.29.